The van der Waals surface area contributed by atoms with Gasteiger partial charge in [0, 0.05) is 5.56 Å². The zero-order valence-corrected chi connectivity index (χ0v) is 9.52. The van der Waals surface area contributed by atoms with E-state index in [9.17, 15) is 0 Å². The second kappa shape index (κ2) is 5.56. The highest BCUT2D eigenvalue weighted by Gasteiger charge is 2.07. The molecule has 0 amide bonds. The van der Waals surface area contributed by atoms with Gasteiger partial charge in [0.1, 0.15) is 13.1 Å². The molecule has 1 rings (SSSR count). The summed E-state index contributed by atoms with van der Waals surface area (Å²) in [5.41, 5.74) is 0.927. The van der Waals surface area contributed by atoms with Crippen molar-refractivity contribution in [2.24, 2.45) is 0 Å². The van der Waals surface area contributed by atoms with Gasteiger partial charge in [-0.3, -0.25) is 0 Å². The van der Waals surface area contributed by atoms with Crippen LogP contribution >= 0.6 is 23.2 Å². The van der Waals surface area contributed by atoms with Crippen molar-refractivity contribution in [2.45, 2.75) is 19.6 Å². The van der Waals surface area contributed by atoms with E-state index >= 15 is 0 Å². The highest BCUT2D eigenvalue weighted by atomic mass is 35.5. The van der Waals surface area contributed by atoms with E-state index in [0.29, 0.717) is 23.1 Å². The molecule has 0 heterocycles. The molecule has 0 saturated carbocycles. The number of rotatable bonds is 4. The summed E-state index contributed by atoms with van der Waals surface area (Å²) in [6.07, 6.45) is -0.309. The Morgan fingerprint density at radius 3 is 2.43 bits per heavy atom. The van der Waals surface area contributed by atoms with Crippen LogP contribution in [0.15, 0.2) is 18.2 Å². The van der Waals surface area contributed by atoms with Gasteiger partial charge < -0.3 is 10.4 Å². The van der Waals surface area contributed by atoms with Crippen LogP contribution in [-0.2, 0) is 6.54 Å². The molecule has 0 saturated heterocycles. The van der Waals surface area contributed by atoms with Gasteiger partial charge in [0.2, 0.25) is 0 Å². The monoisotopic (exact) mass is 234 g/mol. The summed E-state index contributed by atoms with van der Waals surface area (Å²) < 4.78 is 0. The first-order valence-electron chi connectivity index (χ1n) is 4.54. The molecule has 0 fully saturated rings. The van der Waals surface area contributed by atoms with Crippen LogP contribution in [0.1, 0.15) is 12.5 Å². The predicted octanol–water partition coefficient (Wildman–Crippen LogP) is 1.44. The van der Waals surface area contributed by atoms with Gasteiger partial charge in [0.25, 0.3) is 0 Å². The quantitative estimate of drug-likeness (QED) is 0.814. The molecule has 0 aliphatic rings. The molecule has 1 unspecified atom stereocenters. The van der Waals surface area contributed by atoms with Crippen LogP contribution in [0.3, 0.4) is 0 Å². The lowest BCUT2D eigenvalue weighted by Gasteiger charge is -2.07. The largest absolute Gasteiger partial charge is 0.388 e. The molecule has 0 radical (unpaired) electrons. The molecule has 0 aliphatic heterocycles. The van der Waals surface area contributed by atoms with E-state index in [1.165, 1.54) is 0 Å². The van der Waals surface area contributed by atoms with E-state index in [2.05, 4.69) is 0 Å². The lowest BCUT2D eigenvalue weighted by molar-refractivity contribution is -0.676. The molecule has 1 aromatic carbocycles. The third kappa shape index (κ3) is 3.46. The summed E-state index contributed by atoms with van der Waals surface area (Å²) in [4.78, 5) is 0. The van der Waals surface area contributed by atoms with Gasteiger partial charge in [0.15, 0.2) is 0 Å². The molecular formula is C10H14Cl2NO+. The van der Waals surface area contributed by atoms with Crippen molar-refractivity contribution in [3.8, 4) is 0 Å². The van der Waals surface area contributed by atoms with Crippen molar-refractivity contribution in [2.75, 3.05) is 6.54 Å². The van der Waals surface area contributed by atoms with Gasteiger partial charge in [-0.1, -0.05) is 29.3 Å². The number of aliphatic hydroxyl groups is 1. The minimum atomic E-state index is -0.309. The van der Waals surface area contributed by atoms with Crippen LogP contribution in [0.2, 0.25) is 10.0 Å². The maximum Gasteiger partial charge on any atom is 0.104 e. The molecule has 0 bridgehead atoms. The fourth-order valence-electron chi connectivity index (χ4n) is 1.20. The first kappa shape index (κ1) is 11.8. The summed E-state index contributed by atoms with van der Waals surface area (Å²) >= 11 is 12.0. The minimum Gasteiger partial charge on any atom is -0.388 e. The number of hydrogen-bond acceptors (Lipinski definition) is 1. The van der Waals surface area contributed by atoms with Gasteiger partial charge in [-0.25, -0.2) is 0 Å². The summed E-state index contributed by atoms with van der Waals surface area (Å²) in [7, 11) is 0. The van der Waals surface area contributed by atoms with Crippen molar-refractivity contribution in [1.82, 2.24) is 0 Å². The molecule has 3 N–H and O–H groups in total. The average Bonchev–Trinajstić information content (AvgIpc) is 2.09. The van der Waals surface area contributed by atoms with Gasteiger partial charge in [-0.2, -0.15) is 0 Å². The summed E-state index contributed by atoms with van der Waals surface area (Å²) in [5, 5.41) is 12.4. The average molecular weight is 235 g/mol. The molecule has 0 spiro atoms. The number of quaternary nitrogens is 1. The topological polar surface area (TPSA) is 36.8 Å². The number of halogens is 2. The number of benzene rings is 1. The first-order chi connectivity index (χ1) is 6.61. The molecular weight excluding hydrogens is 221 g/mol. The van der Waals surface area contributed by atoms with E-state index in [4.69, 9.17) is 28.3 Å². The Balaban J connectivity index is 2.58. The molecule has 78 valence electrons. The zero-order valence-electron chi connectivity index (χ0n) is 8.00. The number of nitrogens with two attached hydrogens (primary N) is 1. The third-order valence-electron chi connectivity index (χ3n) is 1.92. The second-order valence-electron chi connectivity index (χ2n) is 3.28. The molecule has 4 heteroatoms. The second-order valence-corrected chi connectivity index (χ2v) is 4.09. The molecule has 0 aromatic heterocycles. The van der Waals surface area contributed by atoms with E-state index in [1.54, 1.807) is 6.92 Å². The Morgan fingerprint density at radius 2 is 1.93 bits per heavy atom. The van der Waals surface area contributed by atoms with Crippen molar-refractivity contribution in [3.05, 3.63) is 33.8 Å². The third-order valence-corrected chi connectivity index (χ3v) is 2.63. The Morgan fingerprint density at radius 1 is 1.36 bits per heavy atom. The Hall–Kier alpha value is -0.280. The number of aliphatic hydroxyl groups excluding tert-OH is 1. The van der Waals surface area contributed by atoms with E-state index in [1.807, 2.05) is 23.5 Å². The summed E-state index contributed by atoms with van der Waals surface area (Å²) in [6, 6.07) is 5.46. The van der Waals surface area contributed by atoms with Gasteiger partial charge in [-0.05, 0) is 19.1 Å². The number of hydrogen-bond donors (Lipinski definition) is 2. The predicted molar refractivity (Wildman–Crippen MR) is 58.6 cm³/mol. The fourth-order valence-corrected chi connectivity index (χ4v) is 1.75. The van der Waals surface area contributed by atoms with Gasteiger partial charge in [0.05, 0.1) is 16.1 Å². The van der Waals surface area contributed by atoms with Crippen LogP contribution in [0.25, 0.3) is 0 Å². The van der Waals surface area contributed by atoms with Crippen molar-refractivity contribution < 1.29 is 10.4 Å². The van der Waals surface area contributed by atoms with Crippen molar-refractivity contribution in [1.29, 1.82) is 0 Å². The maximum atomic E-state index is 9.07. The van der Waals surface area contributed by atoms with Crippen LogP contribution < -0.4 is 5.32 Å². The minimum absolute atomic E-state index is 0.309. The molecule has 14 heavy (non-hydrogen) atoms. The Bertz CT molecular complexity index is 282. The summed E-state index contributed by atoms with van der Waals surface area (Å²) in [6.45, 7) is 3.11. The standard InChI is InChI=1S/C10H13Cl2NO/c1-7(14)5-13-6-8-9(11)3-2-4-10(8)12/h2-4,7,13-14H,5-6H2,1H3/p+1. The van der Waals surface area contributed by atoms with Gasteiger partial charge in [-0.15, -0.1) is 0 Å². The van der Waals surface area contributed by atoms with Crippen LogP contribution in [0.5, 0.6) is 0 Å². The van der Waals surface area contributed by atoms with Crippen molar-refractivity contribution in [3.63, 3.8) is 0 Å². The van der Waals surface area contributed by atoms with Crippen LogP contribution in [-0.4, -0.2) is 17.8 Å². The Labute approximate surface area is 93.8 Å². The maximum absolute atomic E-state index is 9.07. The fraction of sp³-hybridized carbons (Fsp3) is 0.400. The molecule has 0 aliphatic carbocycles. The van der Waals surface area contributed by atoms with Crippen LogP contribution in [0, 0.1) is 0 Å². The normalized spacial score (nSPS) is 12.9. The lowest BCUT2D eigenvalue weighted by atomic mass is 10.2. The van der Waals surface area contributed by atoms with Crippen molar-refractivity contribution >= 4 is 23.2 Å². The summed E-state index contributed by atoms with van der Waals surface area (Å²) in [5.74, 6) is 0. The SMILES string of the molecule is CC(O)C[NH2+]Cc1c(Cl)cccc1Cl. The Kier molecular flexibility index (Phi) is 4.69. The van der Waals surface area contributed by atoms with E-state index in [-0.39, 0.29) is 6.10 Å². The molecule has 1 aromatic rings. The molecule has 2 nitrogen and oxygen atoms in total. The van der Waals surface area contributed by atoms with Gasteiger partial charge >= 0.3 is 0 Å². The lowest BCUT2D eigenvalue weighted by Crippen LogP contribution is -2.84. The zero-order chi connectivity index (χ0) is 10.6. The molecule has 1 atom stereocenters. The van der Waals surface area contributed by atoms with Crippen LogP contribution in [0.4, 0.5) is 0 Å². The van der Waals surface area contributed by atoms with E-state index in [0.717, 1.165) is 5.56 Å². The van der Waals surface area contributed by atoms with E-state index < -0.39 is 0 Å². The first-order valence-corrected chi connectivity index (χ1v) is 5.29. The highest BCUT2D eigenvalue weighted by molar-refractivity contribution is 6.35. The smallest absolute Gasteiger partial charge is 0.104 e. The highest BCUT2D eigenvalue weighted by Crippen LogP contribution is 2.22.